The molecule has 6 heteroatoms. The molecule has 0 aromatic heterocycles. The number of ketones is 1. The molecule has 0 atom stereocenters. The molecule has 0 fully saturated rings. The third-order valence-corrected chi connectivity index (χ3v) is 2.35. The number of phenols is 1. The average molecular weight is 241 g/mol. The van der Waals surface area contributed by atoms with Gasteiger partial charge in [-0.15, -0.1) is 0 Å². The molecule has 16 heavy (non-hydrogen) atoms. The van der Waals surface area contributed by atoms with Gasteiger partial charge in [0.1, 0.15) is 11.5 Å². The van der Waals surface area contributed by atoms with E-state index in [-0.39, 0.29) is 17.1 Å². The van der Waals surface area contributed by atoms with E-state index in [0.717, 1.165) is 0 Å². The first kappa shape index (κ1) is 10.5. The van der Waals surface area contributed by atoms with Crippen LogP contribution in [-0.2, 0) is 4.79 Å². The smallest absolute Gasteiger partial charge is 0.351 e. The van der Waals surface area contributed by atoms with Gasteiger partial charge in [0, 0.05) is 6.07 Å². The molecule has 0 unspecified atom stereocenters. The Balaban J connectivity index is 2.53. The molecule has 2 rings (SSSR count). The summed E-state index contributed by atoms with van der Waals surface area (Å²) in [6.45, 7) is 0. The Bertz CT molecular complexity index is 532. The van der Waals surface area contributed by atoms with Crippen molar-refractivity contribution in [2.75, 3.05) is 0 Å². The highest BCUT2D eigenvalue weighted by atomic mass is 35.5. The van der Waals surface area contributed by atoms with Crippen molar-refractivity contribution in [3.05, 3.63) is 34.6 Å². The molecular formula is C10H5ClO5. The molecule has 0 aliphatic carbocycles. The minimum absolute atomic E-state index is 0.0840. The van der Waals surface area contributed by atoms with Gasteiger partial charge in [0.05, 0.1) is 5.56 Å². The van der Waals surface area contributed by atoms with E-state index in [4.69, 9.17) is 26.6 Å². The number of aromatic hydroxyl groups is 1. The Labute approximate surface area is 94.5 Å². The van der Waals surface area contributed by atoms with E-state index in [9.17, 15) is 9.59 Å². The number of fused-ring (bicyclic) bond motifs is 1. The molecule has 0 amide bonds. The van der Waals surface area contributed by atoms with Gasteiger partial charge in [-0.3, -0.25) is 4.79 Å². The number of halogens is 1. The largest absolute Gasteiger partial charge is 0.508 e. The topological polar surface area (TPSA) is 83.8 Å². The Hall–Kier alpha value is -2.01. The third kappa shape index (κ3) is 1.51. The van der Waals surface area contributed by atoms with E-state index < -0.39 is 22.5 Å². The standard InChI is InChI=1S/C10H5ClO5/c11-7(10(14)15)9-8(13)5-2-1-4(12)3-6(5)16-9/h1-3,12H,(H,14,15). The number of rotatable bonds is 1. The number of phenolic OH excluding ortho intramolecular Hbond substituents is 1. The fourth-order valence-electron chi connectivity index (χ4n) is 1.30. The second kappa shape index (κ2) is 3.53. The number of ether oxygens (including phenoxy) is 1. The number of aliphatic carboxylic acids is 1. The zero-order chi connectivity index (χ0) is 11.9. The number of hydrogen-bond donors (Lipinski definition) is 2. The first-order valence-corrected chi connectivity index (χ1v) is 4.57. The fraction of sp³-hybridized carbons (Fsp3) is 0. The Kier molecular flexibility index (Phi) is 2.32. The second-order valence-electron chi connectivity index (χ2n) is 3.06. The van der Waals surface area contributed by atoms with E-state index >= 15 is 0 Å². The quantitative estimate of drug-likeness (QED) is 0.727. The minimum atomic E-state index is -1.44. The predicted octanol–water partition coefficient (Wildman–Crippen LogP) is 1.50. The summed E-state index contributed by atoms with van der Waals surface area (Å²) in [5.41, 5.74) is 0.173. The van der Waals surface area contributed by atoms with Crippen LogP contribution in [0.15, 0.2) is 29.0 Å². The zero-order valence-corrected chi connectivity index (χ0v) is 8.49. The minimum Gasteiger partial charge on any atom is -0.508 e. The number of carbonyl (C=O) groups is 2. The molecule has 1 aromatic carbocycles. The molecule has 5 nitrogen and oxygen atoms in total. The SMILES string of the molecule is O=C(O)C(Cl)=C1Oc2cc(O)ccc2C1=O. The molecule has 1 aliphatic heterocycles. The first-order chi connectivity index (χ1) is 7.50. The predicted molar refractivity (Wildman–Crippen MR) is 53.6 cm³/mol. The number of carboxylic acids is 1. The summed E-state index contributed by atoms with van der Waals surface area (Å²) in [7, 11) is 0. The van der Waals surface area contributed by atoms with Crippen LogP contribution in [0.3, 0.4) is 0 Å². The summed E-state index contributed by atoms with van der Waals surface area (Å²) < 4.78 is 4.98. The van der Waals surface area contributed by atoms with Gasteiger partial charge in [-0.05, 0) is 12.1 Å². The van der Waals surface area contributed by atoms with Gasteiger partial charge in [0.25, 0.3) is 0 Å². The van der Waals surface area contributed by atoms with E-state index in [0.29, 0.717) is 0 Å². The van der Waals surface area contributed by atoms with Gasteiger partial charge in [-0.1, -0.05) is 11.6 Å². The number of Topliss-reactive ketones (excluding diaryl/α,β-unsaturated/α-hetero) is 1. The van der Waals surface area contributed by atoms with E-state index in [1.165, 1.54) is 18.2 Å². The zero-order valence-electron chi connectivity index (χ0n) is 7.73. The maximum atomic E-state index is 11.6. The lowest BCUT2D eigenvalue weighted by molar-refractivity contribution is -0.132. The maximum absolute atomic E-state index is 11.6. The van der Waals surface area contributed by atoms with Crippen LogP contribution in [0.5, 0.6) is 11.5 Å². The number of carboxylic acid groups (broad SMARTS) is 1. The van der Waals surface area contributed by atoms with Gasteiger partial charge < -0.3 is 14.9 Å². The van der Waals surface area contributed by atoms with Crippen LogP contribution >= 0.6 is 11.6 Å². The van der Waals surface area contributed by atoms with Crippen molar-refractivity contribution in [3.8, 4) is 11.5 Å². The average Bonchev–Trinajstić information content (AvgIpc) is 2.54. The second-order valence-corrected chi connectivity index (χ2v) is 3.44. The van der Waals surface area contributed by atoms with Crippen LogP contribution in [0.25, 0.3) is 0 Å². The molecule has 1 aliphatic rings. The molecule has 0 saturated heterocycles. The van der Waals surface area contributed by atoms with Gasteiger partial charge in [0.15, 0.2) is 5.03 Å². The highest BCUT2D eigenvalue weighted by Gasteiger charge is 2.32. The van der Waals surface area contributed by atoms with Gasteiger partial charge in [-0.2, -0.15) is 0 Å². The van der Waals surface area contributed by atoms with Gasteiger partial charge in [0.2, 0.25) is 11.5 Å². The fourth-order valence-corrected chi connectivity index (χ4v) is 1.43. The van der Waals surface area contributed by atoms with E-state index in [1.54, 1.807) is 0 Å². The van der Waals surface area contributed by atoms with Crippen molar-refractivity contribution >= 4 is 23.4 Å². The van der Waals surface area contributed by atoms with Crippen molar-refractivity contribution in [1.82, 2.24) is 0 Å². The van der Waals surface area contributed by atoms with Crippen LogP contribution in [0.4, 0.5) is 0 Å². The third-order valence-electron chi connectivity index (χ3n) is 2.02. The summed E-state index contributed by atoms with van der Waals surface area (Å²) in [4.78, 5) is 22.2. The van der Waals surface area contributed by atoms with E-state index in [2.05, 4.69) is 0 Å². The monoisotopic (exact) mass is 240 g/mol. The van der Waals surface area contributed by atoms with Crippen LogP contribution < -0.4 is 4.74 Å². The molecular weight excluding hydrogens is 236 g/mol. The Morgan fingerprint density at radius 1 is 1.38 bits per heavy atom. The van der Waals surface area contributed by atoms with Crippen LogP contribution in [-0.4, -0.2) is 22.0 Å². The molecule has 1 aromatic rings. The summed E-state index contributed by atoms with van der Waals surface area (Å²) in [5, 5.41) is 17.1. The summed E-state index contributed by atoms with van der Waals surface area (Å²) in [6, 6.07) is 3.86. The van der Waals surface area contributed by atoms with Gasteiger partial charge >= 0.3 is 5.97 Å². The molecule has 0 spiro atoms. The number of benzene rings is 1. The summed E-state index contributed by atoms with van der Waals surface area (Å²) in [6.07, 6.45) is 0. The maximum Gasteiger partial charge on any atom is 0.351 e. The first-order valence-electron chi connectivity index (χ1n) is 4.19. The lowest BCUT2D eigenvalue weighted by Crippen LogP contribution is -2.07. The molecule has 0 saturated carbocycles. The lowest BCUT2D eigenvalue weighted by atomic mass is 10.1. The van der Waals surface area contributed by atoms with Crippen LogP contribution in [0.1, 0.15) is 10.4 Å². The Morgan fingerprint density at radius 2 is 2.06 bits per heavy atom. The number of hydrogen-bond acceptors (Lipinski definition) is 4. The van der Waals surface area contributed by atoms with Crippen molar-refractivity contribution in [1.29, 1.82) is 0 Å². The van der Waals surface area contributed by atoms with Crippen molar-refractivity contribution in [2.24, 2.45) is 0 Å². The highest BCUT2D eigenvalue weighted by molar-refractivity contribution is 6.43. The summed E-state index contributed by atoms with van der Waals surface area (Å²) >= 11 is 5.42. The van der Waals surface area contributed by atoms with E-state index in [1.807, 2.05) is 0 Å². The van der Waals surface area contributed by atoms with Crippen LogP contribution in [0.2, 0.25) is 0 Å². The highest BCUT2D eigenvalue weighted by Crippen LogP contribution is 2.35. The Morgan fingerprint density at radius 3 is 2.69 bits per heavy atom. The normalized spacial score (nSPS) is 16.7. The summed E-state index contributed by atoms with van der Waals surface area (Å²) in [5.74, 6) is -2.47. The molecule has 1 heterocycles. The van der Waals surface area contributed by atoms with Crippen molar-refractivity contribution < 1.29 is 24.5 Å². The number of allylic oxidation sites excluding steroid dienone is 1. The molecule has 82 valence electrons. The lowest BCUT2D eigenvalue weighted by Gasteiger charge is -1.98. The molecule has 0 radical (unpaired) electrons. The number of carbonyl (C=O) groups excluding carboxylic acids is 1. The van der Waals surface area contributed by atoms with Crippen molar-refractivity contribution in [3.63, 3.8) is 0 Å². The van der Waals surface area contributed by atoms with Crippen molar-refractivity contribution in [2.45, 2.75) is 0 Å². The molecule has 2 N–H and O–H groups in total. The molecule has 0 bridgehead atoms. The van der Waals surface area contributed by atoms with Gasteiger partial charge in [-0.25, -0.2) is 4.79 Å². The van der Waals surface area contributed by atoms with Crippen LogP contribution in [0, 0.1) is 0 Å².